The van der Waals surface area contributed by atoms with Crippen LogP contribution in [0.4, 0.5) is 0 Å². The van der Waals surface area contributed by atoms with Crippen molar-refractivity contribution in [3.05, 3.63) is 15.9 Å². The van der Waals surface area contributed by atoms with Crippen LogP contribution in [0.2, 0.25) is 0 Å². The zero-order chi connectivity index (χ0) is 13.8. The summed E-state index contributed by atoms with van der Waals surface area (Å²) in [4.78, 5) is 12.0. The van der Waals surface area contributed by atoms with Crippen molar-refractivity contribution >= 4 is 21.7 Å². The Labute approximate surface area is 123 Å². The topological polar surface area (TPSA) is 46.9 Å². The minimum atomic E-state index is 0.283. The van der Waals surface area contributed by atoms with Crippen LogP contribution in [0.5, 0.6) is 0 Å². The number of carbonyl (C=O) groups excluding carboxylic acids is 1. The average molecular weight is 328 g/mol. The zero-order valence-corrected chi connectivity index (χ0v) is 13.3. The third-order valence-electron chi connectivity index (χ3n) is 3.47. The number of aryl methyl sites for hydroxylation is 2. The van der Waals surface area contributed by atoms with Crippen LogP contribution in [0.3, 0.4) is 0 Å². The van der Waals surface area contributed by atoms with Gasteiger partial charge in [-0.05, 0) is 42.1 Å². The van der Waals surface area contributed by atoms with E-state index in [0.29, 0.717) is 18.9 Å². The summed E-state index contributed by atoms with van der Waals surface area (Å²) in [6.07, 6.45) is 4.51. The smallest absolute Gasteiger partial charge is 0.140 e. The number of rotatable bonds is 8. The van der Waals surface area contributed by atoms with Gasteiger partial charge in [-0.1, -0.05) is 6.92 Å². The molecule has 4 nitrogen and oxygen atoms in total. The molecule has 1 heterocycles. The Balaban J connectivity index is 1.92. The zero-order valence-electron chi connectivity index (χ0n) is 11.7. The van der Waals surface area contributed by atoms with Crippen molar-refractivity contribution in [2.45, 2.75) is 58.5 Å². The third kappa shape index (κ3) is 3.89. The van der Waals surface area contributed by atoms with Gasteiger partial charge >= 0.3 is 0 Å². The average Bonchev–Trinajstić information content (AvgIpc) is 3.17. The molecule has 0 bridgehead atoms. The molecule has 2 rings (SSSR count). The van der Waals surface area contributed by atoms with Crippen molar-refractivity contribution in [2.75, 3.05) is 6.54 Å². The van der Waals surface area contributed by atoms with E-state index >= 15 is 0 Å². The van der Waals surface area contributed by atoms with Gasteiger partial charge in [-0.25, -0.2) is 0 Å². The van der Waals surface area contributed by atoms with Crippen molar-refractivity contribution in [1.82, 2.24) is 15.1 Å². The van der Waals surface area contributed by atoms with Gasteiger partial charge in [0.15, 0.2) is 0 Å². The standard InChI is InChI=1S/C14H22BrN3O/c1-3-12-14(15)13(18(4-2)17-12)9-11(19)7-8-16-10-5-6-10/h10,16H,3-9H2,1-2H3. The maximum Gasteiger partial charge on any atom is 0.140 e. The molecule has 0 aliphatic heterocycles. The van der Waals surface area contributed by atoms with Crippen LogP contribution in [0.25, 0.3) is 0 Å². The second-order valence-electron chi connectivity index (χ2n) is 5.07. The number of hydrogen-bond acceptors (Lipinski definition) is 3. The van der Waals surface area contributed by atoms with Gasteiger partial charge < -0.3 is 5.32 Å². The summed E-state index contributed by atoms with van der Waals surface area (Å²) < 4.78 is 2.95. The van der Waals surface area contributed by atoms with E-state index in [9.17, 15) is 4.79 Å². The lowest BCUT2D eigenvalue weighted by Gasteiger charge is -2.05. The highest BCUT2D eigenvalue weighted by Gasteiger charge is 2.21. The van der Waals surface area contributed by atoms with Gasteiger partial charge in [0.2, 0.25) is 0 Å². The monoisotopic (exact) mass is 327 g/mol. The van der Waals surface area contributed by atoms with Crippen molar-refractivity contribution in [2.24, 2.45) is 0 Å². The van der Waals surface area contributed by atoms with Crippen LogP contribution >= 0.6 is 15.9 Å². The summed E-state index contributed by atoms with van der Waals surface area (Å²) in [7, 11) is 0. The minimum Gasteiger partial charge on any atom is -0.314 e. The van der Waals surface area contributed by atoms with E-state index < -0.39 is 0 Å². The molecule has 0 amide bonds. The highest BCUT2D eigenvalue weighted by atomic mass is 79.9. The first-order valence-electron chi connectivity index (χ1n) is 7.14. The predicted octanol–water partition coefficient (Wildman–Crippen LogP) is 2.48. The quantitative estimate of drug-likeness (QED) is 0.797. The SMILES string of the molecule is CCc1nn(CC)c(CC(=O)CCNC2CC2)c1Br. The number of aromatic nitrogens is 2. The Morgan fingerprint density at radius 1 is 1.47 bits per heavy atom. The molecular formula is C14H22BrN3O. The summed E-state index contributed by atoms with van der Waals surface area (Å²) >= 11 is 3.58. The van der Waals surface area contributed by atoms with Gasteiger partial charge in [-0.2, -0.15) is 5.10 Å². The lowest BCUT2D eigenvalue weighted by Crippen LogP contribution is -2.21. The lowest BCUT2D eigenvalue weighted by atomic mass is 10.1. The largest absolute Gasteiger partial charge is 0.314 e. The van der Waals surface area contributed by atoms with Gasteiger partial charge in [0, 0.05) is 32.0 Å². The van der Waals surface area contributed by atoms with E-state index in [4.69, 9.17) is 0 Å². The second-order valence-corrected chi connectivity index (χ2v) is 5.86. The fourth-order valence-corrected chi connectivity index (χ4v) is 2.87. The highest BCUT2D eigenvalue weighted by molar-refractivity contribution is 9.10. The molecule has 0 radical (unpaired) electrons. The molecule has 106 valence electrons. The van der Waals surface area contributed by atoms with Crippen molar-refractivity contribution in [3.8, 4) is 0 Å². The van der Waals surface area contributed by atoms with Gasteiger partial charge in [-0.15, -0.1) is 0 Å². The number of halogens is 1. The Bertz CT molecular complexity index is 452. The molecule has 1 saturated carbocycles. The molecule has 0 saturated heterocycles. The van der Waals surface area contributed by atoms with E-state index in [-0.39, 0.29) is 5.78 Å². The first-order valence-corrected chi connectivity index (χ1v) is 7.94. The summed E-state index contributed by atoms with van der Waals surface area (Å²) in [6, 6.07) is 0.674. The van der Waals surface area contributed by atoms with E-state index in [2.05, 4.69) is 40.2 Å². The summed E-state index contributed by atoms with van der Waals surface area (Å²) in [5, 5.41) is 7.90. The Morgan fingerprint density at radius 3 is 2.79 bits per heavy atom. The fraction of sp³-hybridized carbons (Fsp3) is 0.714. The molecule has 5 heteroatoms. The molecule has 19 heavy (non-hydrogen) atoms. The maximum absolute atomic E-state index is 12.0. The van der Waals surface area contributed by atoms with Crippen LogP contribution in [0, 0.1) is 0 Å². The van der Waals surface area contributed by atoms with Crippen molar-refractivity contribution < 1.29 is 4.79 Å². The van der Waals surface area contributed by atoms with Gasteiger partial charge in [0.25, 0.3) is 0 Å². The Kier molecular flexibility index (Phi) is 5.16. The molecule has 0 atom stereocenters. The number of carbonyl (C=O) groups is 1. The highest BCUT2D eigenvalue weighted by Crippen LogP contribution is 2.23. The van der Waals surface area contributed by atoms with Crippen LogP contribution in [0.15, 0.2) is 4.47 Å². The molecule has 0 spiro atoms. The molecule has 1 fully saturated rings. The first kappa shape index (κ1) is 14.7. The molecular weight excluding hydrogens is 306 g/mol. The van der Waals surface area contributed by atoms with E-state index in [1.54, 1.807) is 0 Å². The molecule has 1 aliphatic carbocycles. The van der Waals surface area contributed by atoms with Crippen molar-refractivity contribution in [3.63, 3.8) is 0 Å². The van der Waals surface area contributed by atoms with E-state index in [1.807, 2.05) is 4.68 Å². The molecule has 0 aromatic carbocycles. The van der Waals surface area contributed by atoms with Crippen LogP contribution in [-0.2, 0) is 24.2 Å². The summed E-state index contributed by atoms with van der Waals surface area (Å²) in [5.74, 6) is 0.283. The van der Waals surface area contributed by atoms with Gasteiger partial charge in [-0.3, -0.25) is 9.48 Å². The molecule has 1 aromatic heterocycles. The number of nitrogens with one attached hydrogen (secondary N) is 1. The maximum atomic E-state index is 12.0. The molecule has 1 N–H and O–H groups in total. The number of ketones is 1. The number of nitrogens with zero attached hydrogens (tertiary/aromatic N) is 2. The Hall–Kier alpha value is -0.680. The predicted molar refractivity (Wildman–Crippen MR) is 79.3 cm³/mol. The fourth-order valence-electron chi connectivity index (χ4n) is 2.16. The van der Waals surface area contributed by atoms with Crippen LogP contribution < -0.4 is 5.32 Å². The van der Waals surface area contributed by atoms with Gasteiger partial charge in [0.1, 0.15) is 5.78 Å². The van der Waals surface area contributed by atoms with E-state index in [0.717, 1.165) is 35.4 Å². The third-order valence-corrected chi connectivity index (χ3v) is 4.39. The number of Topliss-reactive ketones (excluding diaryl/α,β-unsaturated/α-hetero) is 1. The normalized spacial score (nSPS) is 14.9. The molecule has 0 unspecified atom stereocenters. The van der Waals surface area contributed by atoms with Gasteiger partial charge in [0.05, 0.1) is 15.9 Å². The van der Waals surface area contributed by atoms with Crippen LogP contribution in [-0.4, -0.2) is 28.2 Å². The van der Waals surface area contributed by atoms with Crippen LogP contribution in [0.1, 0.15) is 44.5 Å². The minimum absolute atomic E-state index is 0.283. The summed E-state index contributed by atoms with van der Waals surface area (Å²) in [6.45, 7) is 5.75. The molecule has 1 aliphatic rings. The summed E-state index contributed by atoms with van der Waals surface area (Å²) in [5.41, 5.74) is 2.07. The lowest BCUT2D eigenvalue weighted by molar-refractivity contribution is -0.118. The first-order chi connectivity index (χ1) is 9.15. The van der Waals surface area contributed by atoms with E-state index in [1.165, 1.54) is 12.8 Å². The number of hydrogen-bond donors (Lipinski definition) is 1. The Morgan fingerprint density at radius 2 is 2.21 bits per heavy atom. The molecule has 1 aromatic rings. The van der Waals surface area contributed by atoms with Crippen molar-refractivity contribution in [1.29, 1.82) is 0 Å². The second kappa shape index (κ2) is 6.66.